The predicted octanol–water partition coefficient (Wildman–Crippen LogP) is 9.60. The highest BCUT2D eigenvalue weighted by atomic mass is 32.1. The minimum atomic E-state index is -0.210. The number of nitrogens with zero attached hydrogens (tertiary/aromatic N) is 5. The fourth-order valence-electron chi connectivity index (χ4n) is 3.89. The summed E-state index contributed by atoms with van der Waals surface area (Å²) in [6, 6.07) is 15.4. The Morgan fingerprint density at radius 2 is 1.32 bits per heavy atom. The van der Waals surface area contributed by atoms with E-state index < -0.39 is 0 Å². The lowest BCUT2D eigenvalue weighted by atomic mass is 10.2. The summed E-state index contributed by atoms with van der Waals surface area (Å²) in [5.41, 5.74) is 1.90. The molecule has 0 amide bonds. The van der Waals surface area contributed by atoms with E-state index in [2.05, 4.69) is 40.2 Å². The Morgan fingerprint density at radius 1 is 0.865 bits per heavy atom. The van der Waals surface area contributed by atoms with Crippen molar-refractivity contribution in [3.05, 3.63) is 80.4 Å². The van der Waals surface area contributed by atoms with E-state index in [0.717, 1.165) is 37.1 Å². The van der Waals surface area contributed by atoms with Crippen molar-refractivity contribution in [2.75, 3.05) is 0 Å². The van der Waals surface area contributed by atoms with Crippen molar-refractivity contribution < 1.29 is 2.74 Å². The number of nitriles is 2. The van der Waals surface area contributed by atoms with Gasteiger partial charge < -0.3 is 4.57 Å². The average molecular weight is 554 g/mol. The Kier molecular flexibility index (Phi) is 6.13. The van der Waals surface area contributed by atoms with Crippen LogP contribution in [0.25, 0.3) is 61.7 Å². The van der Waals surface area contributed by atoms with Gasteiger partial charge >= 0.3 is 0 Å². The lowest BCUT2D eigenvalue weighted by molar-refractivity contribution is 0.546. The monoisotopic (exact) mass is 553 g/mol. The first-order valence-corrected chi connectivity index (χ1v) is 14.3. The van der Waals surface area contributed by atoms with Gasteiger partial charge in [-0.25, -0.2) is 20.2 Å². The van der Waals surface area contributed by atoms with Crippen LogP contribution in [0.5, 0.6) is 0 Å². The highest BCUT2D eigenvalue weighted by molar-refractivity contribution is 7.32. The van der Waals surface area contributed by atoms with E-state index >= 15 is 0 Å². The van der Waals surface area contributed by atoms with Gasteiger partial charge in [-0.15, -0.1) is 45.3 Å². The van der Waals surface area contributed by atoms with E-state index in [0.29, 0.717) is 15.7 Å². The minimum absolute atomic E-state index is 0.0428. The van der Waals surface area contributed by atoms with Gasteiger partial charge in [-0.1, -0.05) is 13.8 Å². The molecule has 0 aliphatic carbocycles. The van der Waals surface area contributed by atoms with Crippen molar-refractivity contribution >= 4 is 77.9 Å². The maximum Gasteiger partial charge on any atom is 0.263 e. The van der Waals surface area contributed by atoms with Crippen LogP contribution in [-0.4, -0.2) is 4.57 Å². The second-order valence-electron chi connectivity index (χ2n) is 8.38. The van der Waals surface area contributed by atoms with Gasteiger partial charge in [0, 0.05) is 35.8 Å². The molecule has 0 aromatic carbocycles. The molecule has 178 valence electrons. The number of thiophene rings is 4. The molecular formula is C28H17N5S4. The van der Waals surface area contributed by atoms with Gasteiger partial charge in [0.05, 0.1) is 48.5 Å². The number of allylic oxidation sites excluding steroid dienone is 2. The van der Waals surface area contributed by atoms with E-state index in [-0.39, 0.29) is 23.5 Å². The van der Waals surface area contributed by atoms with E-state index in [1.54, 1.807) is 46.9 Å². The van der Waals surface area contributed by atoms with Gasteiger partial charge in [0.2, 0.25) is 0 Å². The Labute approximate surface area is 233 Å². The molecule has 0 fully saturated rings. The van der Waals surface area contributed by atoms with Gasteiger partial charge in [-0.2, -0.15) is 0 Å². The lowest BCUT2D eigenvalue weighted by Crippen LogP contribution is -2.03. The second-order valence-corrected chi connectivity index (χ2v) is 12.6. The van der Waals surface area contributed by atoms with Crippen molar-refractivity contribution in [1.29, 1.82) is 10.5 Å². The van der Waals surface area contributed by atoms with Crippen LogP contribution >= 0.6 is 45.3 Å². The molecule has 5 heterocycles. The zero-order valence-corrected chi connectivity index (χ0v) is 22.9. The summed E-state index contributed by atoms with van der Waals surface area (Å²) in [4.78, 5) is 11.7. The first-order valence-electron chi connectivity index (χ1n) is 12.0. The molecule has 0 N–H and O–H groups in total. The lowest BCUT2D eigenvalue weighted by Gasteiger charge is -2.08. The first-order chi connectivity index (χ1) is 18.8. The molecule has 0 radical (unpaired) electrons. The van der Waals surface area contributed by atoms with E-state index in [4.69, 9.17) is 26.4 Å². The quantitative estimate of drug-likeness (QED) is 0.155. The minimum Gasteiger partial charge on any atom is -0.339 e. The van der Waals surface area contributed by atoms with Gasteiger partial charge in [-0.05, 0) is 54.4 Å². The zero-order chi connectivity index (χ0) is 27.8. The third-order valence-electron chi connectivity index (χ3n) is 5.38. The first kappa shape index (κ1) is 22.3. The van der Waals surface area contributed by atoms with Crippen LogP contribution in [0.4, 0.5) is 0 Å². The van der Waals surface area contributed by atoms with Crippen LogP contribution in [0.3, 0.4) is 0 Å². The maximum atomic E-state index is 9.14. The number of aromatic nitrogens is 1. The summed E-state index contributed by atoms with van der Waals surface area (Å²) >= 11 is 6.21. The molecule has 9 heteroatoms. The molecule has 0 bridgehead atoms. The molecule has 0 aliphatic rings. The molecular weight excluding hydrogens is 535 g/mol. The Hall–Kier alpha value is -3.96. The summed E-state index contributed by atoms with van der Waals surface area (Å²) < 4.78 is 21.1. The third-order valence-corrected chi connectivity index (χ3v) is 10.2. The standard InChI is InChI=1S/C28H17N5S4/c1-16(2)15-33-21-11-25(23-7-5-19(34-23)9-17(13-29)31-3)36-27(21)28-22(33)12-26(37-28)24-8-6-20(35-24)10-18(14-30)32-4/h5-12,16H,15H2,1-2H3/b17-9-,18-10+/i9D,10D. The largest absolute Gasteiger partial charge is 0.339 e. The summed E-state index contributed by atoms with van der Waals surface area (Å²) in [6.07, 6.45) is 0. The summed E-state index contributed by atoms with van der Waals surface area (Å²) in [7, 11) is 0. The van der Waals surface area contributed by atoms with Crippen molar-refractivity contribution in [2.24, 2.45) is 5.92 Å². The average Bonchev–Trinajstić information content (AvgIpc) is 3.73. The number of hydrogen-bond donors (Lipinski definition) is 0. The molecule has 0 saturated carbocycles. The van der Waals surface area contributed by atoms with Crippen LogP contribution in [0.2, 0.25) is 0 Å². The van der Waals surface area contributed by atoms with Gasteiger partial charge in [0.1, 0.15) is 0 Å². The molecule has 5 aromatic rings. The van der Waals surface area contributed by atoms with Gasteiger partial charge in [0.25, 0.3) is 11.4 Å². The molecule has 5 aromatic heterocycles. The predicted molar refractivity (Wildman–Crippen MR) is 157 cm³/mol. The molecule has 0 aliphatic heterocycles. The fraction of sp³-hybridized carbons (Fsp3) is 0.143. The normalized spacial score (nSPS) is 13.4. The van der Waals surface area contributed by atoms with Crippen molar-refractivity contribution in [3.63, 3.8) is 0 Å². The van der Waals surface area contributed by atoms with E-state index in [9.17, 15) is 0 Å². The highest BCUT2D eigenvalue weighted by Gasteiger charge is 2.20. The van der Waals surface area contributed by atoms with Gasteiger partial charge in [-0.3, -0.25) is 0 Å². The van der Waals surface area contributed by atoms with Crippen LogP contribution in [0.15, 0.2) is 47.8 Å². The van der Waals surface area contributed by atoms with Crippen molar-refractivity contribution in [2.45, 2.75) is 20.4 Å². The van der Waals surface area contributed by atoms with Gasteiger partial charge in [0.15, 0.2) is 0 Å². The zero-order valence-electron chi connectivity index (χ0n) is 21.6. The molecule has 0 unspecified atom stereocenters. The van der Waals surface area contributed by atoms with Crippen LogP contribution in [0, 0.1) is 41.7 Å². The molecule has 37 heavy (non-hydrogen) atoms. The second kappa shape index (κ2) is 10.2. The van der Waals surface area contributed by atoms with E-state index in [1.165, 1.54) is 32.1 Å². The number of fused-ring (bicyclic) bond motifs is 3. The Morgan fingerprint density at radius 3 is 1.70 bits per heavy atom. The fourth-order valence-corrected chi connectivity index (χ4v) is 8.34. The van der Waals surface area contributed by atoms with Crippen molar-refractivity contribution in [1.82, 2.24) is 4.57 Å². The SMILES string of the molecule is [2H]/C(=C(\C#N)[N+]#[C-])c1ccc(-c2cc3c(s2)c2sc(-c4ccc(/C([2H])=C(\C#N)[N+]#[C-])s4)cc2n3CC(C)C)s1. The topological polar surface area (TPSA) is 61.2 Å². The highest BCUT2D eigenvalue weighted by Crippen LogP contribution is 2.47. The third kappa shape index (κ3) is 4.75. The molecule has 5 nitrogen and oxygen atoms in total. The molecule has 0 atom stereocenters. The van der Waals surface area contributed by atoms with Crippen LogP contribution in [-0.2, 0) is 6.54 Å². The summed E-state index contributed by atoms with van der Waals surface area (Å²) in [5.74, 6) is 0.431. The van der Waals surface area contributed by atoms with Crippen LogP contribution in [0.1, 0.15) is 26.3 Å². The summed E-state index contributed by atoms with van der Waals surface area (Å²) in [6.45, 7) is 19.5. The Balaban J connectivity index is 1.61. The smallest absolute Gasteiger partial charge is 0.263 e. The molecule has 0 saturated heterocycles. The molecule has 0 spiro atoms. The van der Waals surface area contributed by atoms with E-state index in [1.807, 2.05) is 12.1 Å². The molecule has 5 rings (SSSR count). The number of hydrogen-bond acceptors (Lipinski definition) is 6. The van der Waals surface area contributed by atoms with Crippen LogP contribution < -0.4 is 0 Å². The summed E-state index contributed by atoms with van der Waals surface area (Å²) in [5, 5.41) is 18.3. The van der Waals surface area contributed by atoms with Crippen molar-refractivity contribution in [3.8, 4) is 31.6 Å². The number of rotatable bonds is 6. The maximum absolute atomic E-state index is 9.14. The Bertz CT molecular complexity index is 1830.